The van der Waals surface area contributed by atoms with Crippen molar-refractivity contribution < 1.29 is 4.52 Å². The third-order valence-electron chi connectivity index (χ3n) is 3.39. The molecule has 5 heteroatoms. The zero-order valence-corrected chi connectivity index (χ0v) is 11.3. The third kappa shape index (κ3) is 2.81. The Kier molecular flexibility index (Phi) is 3.29. The van der Waals surface area contributed by atoms with Crippen molar-refractivity contribution in [3.63, 3.8) is 0 Å². The number of rotatable bonds is 3. The molecule has 1 atom stereocenters. The number of aromatic nitrogens is 3. The molecule has 1 N–H and O–H groups in total. The summed E-state index contributed by atoms with van der Waals surface area (Å²) < 4.78 is 5.34. The van der Waals surface area contributed by atoms with Crippen molar-refractivity contribution in [1.82, 2.24) is 20.4 Å². The molecule has 100 valence electrons. The summed E-state index contributed by atoms with van der Waals surface area (Å²) in [4.78, 5) is 8.83. The second-order valence-electron chi connectivity index (χ2n) is 5.15. The van der Waals surface area contributed by atoms with E-state index in [2.05, 4.69) is 20.4 Å². The predicted molar refractivity (Wildman–Crippen MR) is 71.7 cm³/mol. The van der Waals surface area contributed by atoms with Crippen molar-refractivity contribution in [2.45, 2.75) is 39.2 Å². The van der Waals surface area contributed by atoms with Crippen LogP contribution in [0.15, 0.2) is 16.7 Å². The van der Waals surface area contributed by atoms with E-state index in [1.165, 1.54) is 12.8 Å². The van der Waals surface area contributed by atoms with Crippen LogP contribution in [-0.2, 0) is 6.42 Å². The molecule has 0 aromatic carbocycles. The molecular weight excluding hydrogens is 240 g/mol. The predicted octanol–water partition coefficient (Wildman–Crippen LogP) is 2.04. The molecule has 1 unspecified atom stereocenters. The molecule has 3 heterocycles. The van der Waals surface area contributed by atoms with Crippen LogP contribution in [0.3, 0.4) is 0 Å². The first-order chi connectivity index (χ1) is 9.20. The Morgan fingerprint density at radius 1 is 1.26 bits per heavy atom. The molecule has 1 aliphatic heterocycles. The molecule has 0 aliphatic carbocycles. The highest BCUT2D eigenvalue weighted by atomic mass is 16.5. The first-order valence-electron chi connectivity index (χ1n) is 6.72. The van der Waals surface area contributed by atoms with Crippen molar-refractivity contribution in [2.75, 3.05) is 6.54 Å². The Balaban J connectivity index is 1.79. The van der Waals surface area contributed by atoms with Gasteiger partial charge < -0.3 is 9.84 Å². The van der Waals surface area contributed by atoms with E-state index in [0.717, 1.165) is 29.9 Å². The Morgan fingerprint density at radius 3 is 2.74 bits per heavy atom. The molecule has 0 spiro atoms. The van der Waals surface area contributed by atoms with Gasteiger partial charge in [0.15, 0.2) is 0 Å². The van der Waals surface area contributed by atoms with Crippen LogP contribution in [0.4, 0.5) is 0 Å². The standard InChI is InChI=1S/C14H18N4O/c1-9-6-11(7-10(2)16-9)14-17-13(19-18-14)8-12-4-3-5-15-12/h6-7,12,15H,3-5,8H2,1-2H3. The quantitative estimate of drug-likeness (QED) is 0.912. The molecule has 5 nitrogen and oxygen atoms in total. The molecular formula is C14H18N4O. The lowest BCUT2D eigenvalue weighted by molar-refractivity contribution is 0.364. The number of hydrogen-bond acceptors (Lipinski definition) is 5. The number of nitrogens with zero attached hydrogens (tertiary/aromatic N) is 3. The molecule has 1 aliphatic rings. The summed E-state index contributed by atoms with van der Waals surface area (Å²) in [6.07, 6.45) is 3.23. The van der Waals surface area contributed by atoms with Gasteiger partial charge in [-0.25, -0.2) is 0 Å². The van der Waals surface area contributed by atoms with E-state index in [-0.39, 0.29) is 0 Å². The molecule has 1 saturated heterocycles. The minimum atomic E-state index is 0.481. The van der Waals surface area contributed by atoms with Gasteiger partial charge in [-0.2, -0.15) is 4.98 Å². The maximum Gasteiger partial charge on any atom is 0.228 e. The van der Waals surface area contributed by atoms with E-state index >= 15 is 0 Å². The molecule has 1 fully saturated rings. The summed E-state index contributed by atoms with van der Waals surface area (Å²) in [5.41, 5.74) is 2.91. The van der Waals surface area contributed by atoms with Crippen molar-refractivity contribution in [2.24, 2.45) is 0 Å². The number of pyridine rings is 1. The minimum Gasteiger partial charge on any atom is -0.339 e. The monoisotopic (exact) mass is 258 g/mol. The number of hydrogen-bond donors (Lipinski definition) is 1. The van der Waals surface area contributed by atoms with Gasteiger partial charge in [-0.1, -0.05) is 5.16 Å². The van der Waals surface area contributed by atoms with E-state index in [1.54, 1.807) is 0 Å². The maximum atomic E-state index is 5.34. The minimum absolute atomic E-state index is 0.481. The van der Waals surface area contributed by atoms with Gasteiger partial charge in [0.2, 0.25) is 11.7 Å². The molecule has 19 heavy (non-hydrogen) atoms. The van der Waals surface area contributed by atoms with Gasteiger partial charge in [0.05, 0.1) is 0 Å². The Hall–Kier alpha value is -1.75. The van der Waals surface area contributed by atoms with Crippen molar-refractivity contribution in [3.05, 3.63) is 29.4 Å². The van der Waals surface area contributed by atoms with Gasteiger partial charge in [-0.3, -0.25) is 4.98 Å². The topological polar surface area (TPSA) is 63.8 Å². The first-order valence-corrected chi connectivity index (χ1v) is 6.72. The average Bonchev–Trinajstić information content (AvgIpc) is 2.99. The summed E-state index contributed by atoms with van der Waals surface area (Å²) >= 11 is 0. The fourth-order valence-electron chi connectivity index (χ4n) is 2.56. The lowest BCUT2D eigenvalue weighted by Crippen LogP contribution is -2.23. The largest absolute Gasteiger partial charge is 0.339 e. The van der Waals surface area contributed by atoms with Gasteiger partial charge in [0.25, 0.3) is 0 Å². The van der Waals surface area contributed by atoms with Gasteiger partial charge in [-0.15, -0.1) is 0 Å². The molecule has 0 radical (unpaired) electrons. The highest BCUT2D eigenvalue weighted by Crippen LogP contribution is 2.19. The SMILES string of the molecule is Cc1cc(-c2noc(CC3CCCN3)n2)cc(C)n1. The summed E-state index contributed by atoms with van der Waals surface area (Å²) in [6, 6.07) is 4.44. The fourth-order valence-corrected chi connectivity index (χ4v) is 2.56. The summed E-state index contributed by atoms with van der Waals surface area (Å²) in [5, 5.41) is 7.50. The lowest BCUT2D eigenvalue weighted by Gasteiger charge is -2.04. The fraction of sp³-hybridized carbons (Fsp3) is 0.500. The molecule has 3 rings (SSSR count). The van der Waals surface area contributed by atoms with E-state index in [9.17, 15) is 0 Å². The highest BCUT2D eigenvalue weighted by molar-refractivity contribution is 5.55. The van der Waals surface area contributed by atoms with Gasteiger partial charge in [-0.05, 0) is 45.4 Å². The third-order valence-corrected chi connectivity index (χ3v) is 3.39. The number of aryl methyl sites for hydroxylation is 2. The van der Waals surface area contributed by atoms with Crippen LogP contribution in [-0.4, -0.2) is 27.7 Å². The van der Waals surface area contributed by atoms with E-state index in [1.807, 2.05) is 26.0 Å². The molecule has 0 saturated carbocycles. The van der Waals surface area contributed by atoms with E-state index < -0.39 is 0 Å². The summed E-state index contributed by atoms with van der Waals surface area (Å²) in [6.45, 7) is 5.04. The van der Waals surface area contributed by atoms with Crippen molar-refractivity contribution in [1.29, 1.82) is 0 Å². The number of nitrogens with one attached hydrogen (secondary N) is 1. The van der Waals surface area contributed by atoms with Crippen LogP contribution in [0.2, 0.25) is 0 Å². The van der Waals surface area contributed by atoms with Crippen LogP contribution >= 0.6 is 0 Å². The highest BCUT2D eigenvalue weighted by Gasteiger charge is 2.18. The van der Waals surface area contributed by atoms with Crippen molar-refractivity contribution >= 4 is 0 Å². The van der Waals surface area contributed by atoms with Crippen LogP contribution in [0.25, 0.3) is 11.4 Å². The molecule has 0 amide bonds. The lowest BCUT2D eigenvalue weighted by atomic mass is 10.1. The normalized spacial score (nSPS) is 18.9. The molecule has 2 aromatic rings. The second-order valence-corrected chi connectivity index (χ2v) is 5.15. The van der Waals surface area contributed by atoms with E-state index in [0.29, 0.717) is 17.8 Å². The summed E-state index contributed by atoms with van der Waals surface area (Å²) in [7, 11) is 0. The van der Waals surface area contributed by atoms with Crippen LogP contribution in [0, 0.1) is 13.8 Å². The van der Waals surface area contributed by atoms with Gasteiger partial charge in [0.1, 0.15) is 0 Å². The van der Waals surface area contributed by atoms with Crippen LogP contribution in [0.5, 0.6) is 0 Å². The van der Waals surface area contributed by atoms with Gasteiger partial charge in [0, 0.05) is 29.4 Å². The Morgan fingerprint density at radius 2 is 2.05 bits per heavy atom. The van der Waals surface area contributed by atoms with E-state index in [4.69, 9.17) is 4.52 Å². The maximum absolute atomic E-state index is 5.34. The second kappa shape index (κ2) is 5.09. The van der Waals surface area contributed by atoms with Crippen LogP contribution < -0.4 is 5.32 Å². The zero-order chi connectivity index (χ0) is 13.2. The average molecular weight is 258 g/mol. The van der Waals surface area contributed by atoms with Crippen LogP contribution in [0.1, 0.15) is 30.1 Å². The zero-order valence-electron chi connectivity index (χ0n) is 11.3. The molecule has 2 aromatic heterocycles. The van der Waals surface area contributed by atoms with Gasteiger partial charge >= 0.3 is 0 Å². The molecule has 0 bridgehead atoms. The Bertz CT molecular complexity index is 552. The summed E-state index contributed by atoms with van der Waals surface area (Å²) in [5.74, 6) is 1.36. The first kappa shape index (κ1) is 12.3. The van der Waals surface area contributed by atoms with Crippen molar-refractivity contribution in [3.8, 4) is 11.4 Å². The smallest absolute Gasteiger partial charge is 0.228 e. The Labute approximate surface area is 112 Å².